The number of nitrogens with zero attached hydrogens (tertiary/aromatic N) is 2. The molecule has 9 heteroatoms. The van der Waals surface area contributed by atoms with E-state index in [0.717, 1.165) is 42.4 Å². The minimum absolute atomic E-state index is 0.0333. The highest BCUT2D eigenvalue weighted by Gasteiger charge is 2.32. The molecular formula is C30H32ClN3O4S. The number of rotatable bonds is 12. The second kappa shape index (κ2) is 14.1. The van der Waals surface area contributed by atoms with Crippen LogP contribution in [0.1, 0.15) is 42.4 Å². The van der Waals surface area contributed by atoms with Crippen molar-refractivity contribution in [1.82, 2.24) is 10.2 Å². The van der Waals surface area contributed by atoms with Gasteiger partial charge in [-0.15, -0.1) is 11.8 Å². The van der Waals surface area contributed by atoms with Crippen molar-refractivity contribution in [2.45, 2.75) is 56.5 Å². The van der Waals surface area contributed by atoms with Gasteiger partial charge in [-0.1, -0.05) is 79.0 Å². The number of nitro benzene ring substituents is 1. The van der Waals surface area contributed by atoms with Gasteiger partial charge in [-0.25, -0.2) is 0 Å². The quantitative estimate of drug-likeness (QED) is 0.209. The molecule has 39 heavy (non-hydrogen) atoms. The smallest absolute Gasteiger partial charge is 0.269 e. The van der Waals surface area contributed by atoms with Crippen LogP contribution in [-0.4, -0.2) is 39.5 Å². The van der Waals surface area contributed by atoms with Gasteiger partial charge < -0.3 is 10.2 Å². The Morgan fingerprint density at radius 2 is 1.59 bits per heavy atom. The predicted octanol–water partition coefficient (Wildman–Crippen LogP) is 6.18. The van der Waals surface area contributed by atoms with Crippen molar-refractivity contribution in [3.8, 4) is 0 Å². The van der Waals surface area contributed by atoms with Crippen LogP contribution >= 0.6 is 23.4 Å². The molecule has 1 aliphatic carbocycles. The van der Waals surface area contributed by atoms with Crippen LogP contribution in [0.25, 0.3) is 0 Å². The Balaban J connectivity index is 1.53. The SMILES string of the molecule is O=C(NC1CCCC1)[C@@H](Cc1ccccc1)N(Cc1ccc(Cl)cc1)C(=O)CSCc1ccc([N+](=O)[O-])cc1. The summed E-state index contributed by atoms with van der Waals surface area (Å²) in [5, 5.41) is 14.7. The minimum atomic E-state index is -0.670. The van der Waals surface area contributed by atoms with Crippen molar-refractivity contribution in [2.24, 2.45) is 0 Å². The van der Waals surface area contributed by atoms with Gasteiger partial charge in [0.05, 0.1) is 10.7 Å². The normalized spacial score (nSPS) is 14.1. The van der Waals surface area contributed by atoms with Crippen LogP contribution in [-0.2, 0) is 28.3 Å². The lowest BCUT2D eigenvalue weighted by Gasteiger charge is -2.32. The number of nitrogens with one attached hydrogen (secondary N) is 1. The third-order valence-corrected chi connectivity index (χ3v) is 8.12. The number of benzene rings is 3. The number of carbonyl (C=O) groups excluding carboxylic acids is 2. The molecule has 1 N–H and O–H groups in total. The van der Waals surface area contributed by atoms with E-state index in [0.29, 0.717) is 17.2 Å². The van der Waals surface area contributed by atoms with E-state index in [2.05, 4.69) is 5.32 Å². The average Bonchev–Trinajstić information content (AvgIpc) is 3.45. The van der Waals surface area contributed by atoms with E-state index in [-0.39, 0.29) is 35.8 Å². The molecule has 1 saturated carbocycles. The van der Waals surface area contributed by atoms with Crippen molar-refractivity contribution in [2.75, 3.05) is 5.75 Å². The molecule has 7 nitrogen and oxygen atoms in total. The van der Waals surface area contributed by atoms with Crippen LogP contribution in [0.3, 0.4) is 0 Å². The van der Waals surface area contributed by atoms with Crippen molar-refractivity contribution in [3.05, 3.63) is 111 Å². The summed E-state index contributed by atoms with van der Waals surface area (Å²) in [4.78, 5) is 39.6. The molecule has 1 atom stereocenters. The van der Waals surface area contributed by atoms with Gasteiger partial charge in [0, 0.05) is 41.9 Å². The molecule has 3 aromatic carbocycles. The topological polar surface area (TPSA) is 92.6 Å². The Bertz CT molecular complexity index is 1250. The highest BCUT2D eigenvalue weighted by atomic mass is 35.5. The third-order valence-electron chi connectivity index (χ3n) is 6.88. The molecule has 4 rings (SSSR count). The van der Waals surface area contributed by atoms with Crippen molar-refractivity contribution < 1.29 is 14.5 Å². The first kappa shape index (κ1) is 28.6. The Labute approximate surface area is 238 Å². The average molecular weight is 566 g/mol. The Morgan fingerprint density at radius 1 is 0.949 bits per heavy atom. The maximum absolute atomic E-state index is 13.7. The van der Waals surface area contributed by atoms with Gasteiger partial charge in [0.15, 0.2) is 0 Å². The highest BCUT2D eigenvalue weighted by molar-refractivity contribution is 7.99. The van der Waals surface area contributed by atoms with Crippen molar-refractivity contribution in [3.63, 3.8) is 0 Å². The molecule has 1 fully saturated rings. The van der Waals surface area contributed by atoms with Gasteiger partial charge in [-0.05, 0) is 41.7 Å². The van der Waals surface area contributed by atoms with E-state index in [4.69, 9.17) is 11.6 Å². The van der Waals surface area contributed by atoms with Gasteiger partial charge in [0.2, 0.25) is 11.8 Å². The molecule has 2 amide bonds. The number of amides is 2. The number of hydrogen-bond acceptors (Lipinski definition) is 5. The van der Waals surface area contributed by atoms with E-state index in [9.17, 15) is 19.7 Å². The zero-order chi connectivity index (χ0) is 27.6. The van der Waals surface area contributed by atoms with Gasteiger partial charge in [0.1, 0.15) is 6.04 Å². The van der Waals surface area contributed by atoms with E-state index in [1.165, 1.54) is 23.9 Å². The Morgan fingerprint density at radius 3 is 2.23 bits per heavy atom. The molecule has 3 aromatic rings. The molecule has 0 radical (unpaired) electrons. The minimum Gasteiger partial charge on any atom is -0.352 e. The molecule has 204 valence electrons. The Kier molecular flexibility index (Phi) is 10.4. The first-order valence-electron chi connectivity index (χ1n) is 13.1. The second-order valence-electron chi connectivity index (χ2n) is 9.76. The predicted molar refractivity (Wildman–Crippen MR) is 156 cm³/mol. The first-order valence-corrected chi connectivity index (χ1v) is 14.6. The van der Waals surface area contributed by atoms with E-state index in [1.807, 2.05) is 42.5 Å². The lowest BCUT2D eigenvalue weighted by atomic mass is 10.0. The molecule has 0 unspecified atom stereocenters. The summed E-state index contributed by atoms with van der Waals surface area (Å²) < 4.78 is 0. The summed E-state index contributed by atoms with van der Waals surface area (Å²) in [6.07, 6.45) is 4.52. The van der Waals surface area contributed by atoms with Crippen LogP contribution in [0, 0.1) is 10.1 Å². The summed E-state index contributed by atoms with van der Waals surface area (Å²) in [6, 6.07) is 22.9. The lowest BCUT2D eigenvalue weighted by Crippen LogP contribution is -2.52. The maximum Gasteiger partial charge on any atom is 0.269 e. The highest BCUT2D eigenvalue weighted by Crippen LogP contribution is 2.22. The molecule has 0 bridgehead atoms. The molecule has 0 saturated heterocycles. The number of nitro groups is 1. The van der Waals surface area contributed by atoms with Gasteiger partial charge >= 0.3 is 0 Å². The van der Waals surface area contributed by atoms with Gasteiger partial charge in [-0.2, -0.15) is 0 Å². The molecule has 0 heterocycles. The largest absolute Gasteiger partial charge is 0.352 e. The van der Waals surface area contributed by atoms with Crippen LogP contribution in [0.2, 0.25) is 5.02 Å². The number of thioether (sulfide) groups is 1. The molecule has 0 spiro atoms. The fourth-order valence-corrected chi connectivity index (χ4v) is 5.76. The maximum atomic E-state index is 13.7. The van der Waals surface area contributed by atoms with Crippen molar-refractivity contribution in [1.29, 1.82) is 0 Å². The molecule has 1 aliphatic rings. The van der Waals surface area contributed by atoms with Crippen LogP contribution < -0.4 is 5.32 Å². The fraction of sp³-hybridized carbons (Fsp3) is 0.333. The summed E-state index contributed by atoms with van der Waals surface area (Å²) >= 11 is 7.52. The summed E-state index contributed by atoms with van der Waals surface area (Å²) in [5.74, 6) is 0.427. The standard InChI is InChI=1S/C30H32ClN3O4S/c31-25-14-10-23(11-15-25)19-33(29(35)21-39-20-24-12-16-27(17-13-24)34(37)38)28(18-22-6-2-1-3-7-22)30(36)32-26-8-4-5-9-26/h1-3,6-7,10-17,26,28H,4-5,8-9,18-21H2,(H,32,36)/t28-/m1/s1. The zero-order valence-electron chi connectivity index (χ0n) is 21.6. The van der Waals surface area contributed by atoms with Crippen LogP contribution in [0.5, 0.6) is 0 Å². The van der Waals surface area contributed by atoms with E-state index < -0.39 is 11.0 Å². The van der Waals surface area contributed by atoms with E-state index in [1.54, 1.807) is 29.2 Å². The lowest BCUT2D eigenvalue weighted by molar-refractivity contribution is -0.384. The molecular weight excluding hydrogens is 534 g/mol. The fourth-order valence-electron chi connectivity index (χ4n) is 4.76. The Hall–Kier alpha value is -3.36. The monoisotopic (exact) mass is 565 g/mol. The van der Waals surface area contributed by atoms with Crippen molar-refractivity contribution >= 4 is 40.9 Å². The third kappa shape index (κ3) is 8.57. The van der Waals surface area contributed by atoms with Crippen LogP contribution in [0.15, 0.2) is 78.9 Å². The van der Waals surface area contributed by atoms with Crippen LogP contribution in [0.4, 0.5) is 5.69 Å². The summed E-state index contributed by atoms with van der Waals surface area (Å²) in [7, 11) is 0. The van der Waals surface area contributed by atoms with E-state index >= 15 is 0 Å². The van der Waals surface area contributed by atoms with Gasteiger partial charge in [0.25, 0.3) is 5.69 Å². The number of non-ortho nitro benzene ring substituents is 1. The second-order valence-corrected chi connectivity index (χ2v) is 11.2. The summed E-state index contributed by atoms with van der Waals surface area (Å²) in [6.45, 7) is 0.281. The summed E-state index contributed by atoms with van der Waals surface area (Å²) in [5.41, 5.74) is 2.80. The number of halogens is 1. The molecule has 0 aliphatic heterocycles. The zero-order valence-corrected chi connectivity index (χ0v) is 23.2. The molecule has 0 aromatic heterocycles. The number of carbonyl (C=O) groups is 2. The van der Waals surface area contributed by atoms with Gasteiger partial charge in [-0.3, -0.25) is 19.7 Å². The number of hydrogen-bond donors (Lipinski definition) is 1. The first-order chi connectivity index (χ1) is 18.9.